The molecule has 1 spiro atoms. The molecule has 0 radical (unpaired) electrons. The van der Waals surface area contributed by atoms with Gasteiger partial charge in [-0.2, -0.15) is 5.10 Å². The smallest absolute Gasteiger partial charge is 0.272 e. The molecule has 2 fully saturated rings. The van der Waals surface area contributed by atoms with Crippen molar-refractivity contribution in [2.24, 2.45) is 12.5 Å². The molecule has 0 saturated carbocycles. The van der Waals surface area contributed by atoms with E-state index >= 15 is 0 Å². The zero-order valence-electron chi connectivity index (χ0n) is 10.9. The highest BCUT2D eigenvalue weighted by Crippen LogP contribution is 2.38. The average molecular weight is 248 g/mol. The number of nitrogens with one attached hydrogen (secondary N) is 1. The Morgan fingerprint density at radius 3 is 2.83 bits per heavy atom. The highest BCUT2D eigenvalue weighted by molar-refractivity contribution is 5.92. The fraction of sp³-hybridized carbons (Fsp3) is 0.692. The SMILES string of the molecule is Cn1nccc1C(=O)N1CCC2(CCNCC2)C1. The summed E-state index contributed by atoms with van der Waals surface area (Å²) in [6.45, 7) is 3.99. The van der Waals surface area contributed by atoms with E-state index < -0.39 is 0 Å². The summed E-state index contributed by atoms with van der Waals surface area (Å²) in [4.78, 5) is 14.4. The maximum absolute atomic E-state index is 12.4. The summed E-state index contributed by atoms with van der Waals surface area (Å²) in [5.41, 5.74) is 1.07. The third kappa shape index (κ3) is 1.92. The van der Waals surface area contributed by atoms with Crippen molar-refractivity contribution in [2.45, 2.75) is 19.3 Å². The van der Waals surface area contributed by atoms with Crippen molar-refractivity contribution < 1.29 is 4.79 Å². The van der Waals surface area contributed by atoms with Crippen LogP contribution in [-0.2, 0) is 7.05 Å². The quantitative estimate of drug-likeness (QED) is 0.793. The number of nitrogens with zero attached hydrogens (tertiary/aromatic N) is 3. The summed E-state index contributed by atoms with van der Waals surface area (Å²) in [5.74, 6) is 0.130. The van der Waals surface area contributed by atoms with Crippen LogP contribution in [0, 0.1) is 5.41 Å². The normalized spacial score (nSPS) is 22.6. The summed E-state index contributed by atoms with van der Waals surface area (Å²) in [6, 6.07) is 1.80. The Hall–Kier alpha value is -1.36. The molecule has 1 aromatic rings. The fourth-order valence-corrected chi connectivity index (χ4v) is 3.22. The topological polar surface area (TPSA) is 50.2 Å². The number of rotatable bonds is 1. The molecule has 18 heavy (non-hydrogen) atoms. The van der Waals surface area contributed by atoms with E-state index in [1.165, 1.54) is 12.8 Å². The Morgan fingerprint density at radius 2 is 2.17 bits per heavy atom. The van der Waals surface area contributed by atoms with E-state index in [1.807, 2.05) is 11.9 Å². The first-order chi connectivity index (χ1) is 8.70. The van der Waals surface area contributed by atoms with Gasteiger partial charge in [-0.05, 0) is 43.8 Å². The number of amides is 1. The van der Waals surface area contributed by atoms with Gasteiger partial charge >= 0.3 is 0 Å². The molecular weight excluding hydrogens is 228 g/mol. The highest BCUT2D eigenvalue weighted by atomic mass is 16.2. The monoisotopic (exact) mass is 248 g/mol. The van der Waals surface area contributed by atoms with Crippen LogP contribution in [0.25, 0.3) is 0 Å². The molecule has 0 unspecified atom stereocenters. The van der Waals surface area contributed by atoms with Gasteiger partial charge in [0.05, 0.1) is 0 Å². The number of likely N-dealkylation sites (tertiary alicyclic amines) is 1. The summed E-state index contributed by atoms with van der Waals surface area (Å²) in [6.07, 6.45) is 5.23. The zero-order valence-corrected chi connectivity index (χ0v) is 10.9. The largest absolute Gasteiger partial charge is 0.337 e. The van der Waals surface area contributed by atoms with Crippen LogP contribution in [0.1, 0.15) is 29.8 Å². The molecule has 0 aliphatic carbocycles. The molecule has 2 aliphatic heterocycles. The fourth-order valence-electron chi connectivity index (χ4n) is 3.22. The van der Waals surface area contributed by atoms with Gasteiger partial charge in [0.2, 0.25) is 0 Å². The van der Waals surface area contributed by atoms with Crippen LogP contribution >= 0.6 is 0 Å². The van der Waals surface area contributed by atoms with Gasteiger partial charge in [-0.1, -0.05) is 0 Å². The third-order valence-electron chi connectivity index (χ3n) is 4.43. The van der Waals surface area contributed by atoms with Crippen molar-refractivity contribution in [3.63, 3.8) is 0 Å². The maximum atomic E-state index is 12.4. The van der Waals surface area contributed by atoms with Gasteiger partial charge in [0.1, 0.15) is 5.69 Å². The Bertz CT molecular complexity index is 448. The first kappa shape index (κ1) is 11.7. The Balaban J connectivity index is 1.72. The number of aromatic nitrogens is 2. The molecule has 98 valence electrons. The van der Waals surface area contributed by atoms with E-state index in [1.54, 1.807) is 16.9 Å². The minimum absolute atomic E-state index is 0.130. The average Bonchev–Trinajstić information content (AvgIpc) is 2.97. The van der Waals surface area contributed by atoms with Crippen molar-refractivity contribution >= 4 is 5.91 Å². The second-order valence-corrected chi connectivity index (χ2v) is 5.57. The minimum atomic E-state index is 0.130. The molecule has 1 aromatic heterocycles. The Labute approximate surface area is 107 Å². The highest BCUT2D eigenvalue weighted by Gasteiger charge is 2.40. The molecule has 0 aromatic carbocycles. The van der Waals surface area contributed by atoms with Gasteiger partial charge in [0.15, 0.2) is 0 Å². The molecule has 3 rings (SSSR count). The lowest BCUT2D eigenvalue weighted by atomic mass is 9.78. The van der Waals surface area contributed by atoms with E-state index in [9.17, 15) is 4.79 Å². The van der Waals surface area contributed by atoms with E-state index in [2.05, 4.69) is 10.4 Å². The predicted octanol–water partition coefficient (Wildman–Crippen LogP) is 0.636. The van der Waals surface area contributed by atoms with Crippen LogP contribution in [0.5, 0.6) is 0 Å². The number of hydrogen-bond donors (Lipinski definition) is 1. The second-order valence-electron chi connectivity index (χ2n) is 5.57. The first-order valence-electron chi connectivity index (χ1n) is 6.68. The maximum Gasteiger partial charge on any atom is 0.272 e. The lowest BCUT2D eigenvalue weighted by molar-refractivity contribution is 0.0751. The molecule has 5 heteroatoms. The molecule has 1 amide bonds. The molecule has 3 heterocycles. The summed E-state index contributed by atoms with van der Waals surface area (Å²) in [7, 11) is 1.82. The van der Waals surface area contributed by atoms with Gasteiger partial charge in [-0.15, -0.1) is 0 Å². The van der Waals surface area contributed by atoms with Crippen LogP contribution in [0.2, 0.25) is 0 Å². The van der Waals surface area contributed by atoms with Crippen molar-refractivity contribution in [3.8, 4) is 0 Å². The molecule has 5 nitrogen and oxygen atoms in total. The van der Waals surface area contributed by atoms with Gasteiger partial charge in [-0.25, -0.2) is 0 Å². The van der Waals surface area contributed by atoms with E-state index in [0.717, 1.165) is 32.6 Å². The van der Waals surface area contributed by atoms with E-state index in [0.29, 0.717) is 11.1 Å². The number of carbonyl (C=O) groups is 1. The van der Waals surface area contributed by atoms with Crippen LogP contribution < -0.4 is 5.32 Å². The van der Waals surface area contributed by atoms with Gasteiger partial charge in [-0.3, -0.25) is 9.48 Å². The molecular formula is C13H20N4O. The van der Waals surface area contributed by atoms with Crippen molar-refractivity contribution in [2.75, 3.05) is 26.2 Å². The summed E-state index contributed by atoms with van der Waals surface area (Å²) >= 11 is 0. The van der Waals surface area contributed by atoms with Gasteiger partial charge < -0.3 is 10.2 Å². The first-order valence-corrected chi connectivity index (χ1v) is 6.68. The predicted molar refractivity (Wildman–Crippen MR) is 68.3 cm³/mol. The van der Waals surface area contributed by atoms with E-state index in [4.69, 9.17) is 0 Å². The third-order valence-corrected chi connectivity index (χ3v) is 4.43. The van der Waals surface area contributed by atoms with Crippen molar-refractivity contribution in [3.05, 3.63) is 18.0 Å². The molecule has 0 atom stereocenters. The van der Waals surface area contributed by atoms with E-state index in [-0.39, 0.29) is 5.91 Å². The van der Waals surface area contributed by atoms with Crippen LogP contribution in [0.15, 0.2) is 12.3 Å². The standard InChI is InChI=1S/C13H20N4O/c1-16-11(2-6-15-16)12(18)17-9-5-13(10-17)3-7-14-8-4-13/h2,6,14H,3-5,7-10H2,1H3. The molecule has 0 bridgehead atoms. The molecule has 2 saturated heterocycles. The lowest BCUT2D eigenvalue weighted by Gasteiger charge is -2.33. The minimum Gasteiger partial charge on any atom is -0.337 e. The van der Waals surface area contributed by atoms with Crippen LogP contribution in [0.4, 0.5) is 0 Å². The van der Waals surface area contributed by atoms with Gasteiger partial charge in [0.25, 0.3) is 5.91 Å². The lowest BCUT2D eigenvalue weighted by Crippen LogP contribution is -2.40. The second kappa shape index (κ2) is 4.39. The summed E-state index contributed by atoms with van der Waals surface area (Å²) < 4.78 is 1.66. The number of hydrogen-bond acceptors (Lipinski definition) is 3. The molecule has 1 N–H and O–H groups in total. The van der Waals surface area contributed by atoms with Crippen molar-refractivity contribution in [1.29, 1.82) is 0 Å². The number of carbonyl (C=O) groups excluding carboxylic acids is 1. The Morgan fingerprint density at radius 1 is 1.39 bits per heavy atom. The summed E-state index contributed by atoms with van der Waals surface area (Å²) in [5, 5.41) is 7.47. The number of aryl methyl sites for hydroxylation is 1. The van der Waals surface area contributed by atoms with Crippen LogP contribution in [-0.4, -0.2) is 46.8 Å². The zero-order chi connectivity index (χ0) is 12.6. The van der Waals surface area contributed by atoms with Crippen LogP contribution in [0.3, 0.4) is 0 Å². The molecule has 2 aliphatic rings. The Kier molecular flexibility index (Phi) is 2.86. The van der Waals surface area contributed by atoms with Crippen molar-refractivity contribution in [1.82, 2.24) is 20.0 Å². The van der Waals surface area contributed by atoms with Gasteiger partial charge in [0, 0.05) is 26.3 Å². The number of piperidine rings is 1.